The van der Waals surface area contributed by atoms with Crippen LogP contribution < -0.4 is 5.32 Å². The third kappa shape index (κ3) is 2.37. The number of carboxylic acid groups (broad SMARTS) is 1. The van der Waals surface area contributed by atoms with Gasteiger partial charge >= 0.3 is 5.97 Å². The first kappa shape index (κ1) is 12.2. The molecule has 0 bridgehead atoms. The van der Waals surface area contributed by atoms with Gasteiger partial charge in [0.15, 0.2) is 0 Å². The highest BCUT2D eigenvalue weighted by Gasteiger charge is 2.51. The average molecular weight is 274 g/mol. The molecule has 0 unspecified atom stereocenters. The van der Waals surface area contributed by atoms with Crippen molar-refractivity contribution in [1.29, 1.82) is 0 Å². The zero-order valence-electron chi connectivity index (χ0n) is 8.67. The molecule has 0 aromatic heterocycles. The highest BCUT2D eigenvalue weighted by molar-refractivity contribution is 6.42. The number of rotatable bonds is 3. The third-order valence-electron chi connectivity index (χ3n) is 2.69. The van der Waals surface area contributed by atoms with Crippen molar-refractivity contribution >= 4 is 35.1 Å². The van der Waals surface area contributed by atoms with Gasteiger partial charge in [-0.3, -0.25) is 4.79 Å². The number of aliphatic carboxylic acids is 1. The van der Waals surface area contributed by atoms with E-state index in [1.165, 1.54) is 18.2 Å². The molecule has 0 radical (unpaired) electrons. The van der Waals surface area contributed by atoms with Crippen LogP contribution in [-0.2, 0) is 4.79 Å². The molecule has 2 N–H and O–H groups in total. The SMILES string of the molecule is O=C(NC1(C(=O)O)CC1)c1ccc(Cl)c(Cl)c1. The Kier molecular flexibility index (Phi) is 3.02. The fourth-order valence-electron chi connectivity index (χ4n) is 1.44. The van der Waals surface area contributed by atoms with Gasteiger partial charge in [-0.05, 0) is 31.0 Å². The Morgan fingerprint density at radius 3 is 2.35 bits per heavy atom. The van der Waals surface area contributed by atoms with Crippen molar-refractivity contribution in [3.05, 3.63) is 33.8 Å². The molecule has 6 heteroatoms. The molecule has 0 saturated heterocycles. The molecule has 2 rings (SSSR count). The van der Waals surface area contributed by atoms with E-state index in [9.17, 15) is 9.59 Å². The van der Waals surface area contributed by atoms with Crippen molar-refractivity contribution in [2.45, 2.75) is 18.4 Å². The second-order valence-electron chi connectivity index (χ2n) is 3.97. The molecule has 1 saturated carbocycles. The van der Waals surface area contributed by atoms with Gasteiger partial charge < -0.3 is 10.4 Å². The Morgan fingerprint density at radius 2 is 1.88 bits per heavy atom. The minimum Gasteiger partial charge on any atom is -0.480 e. The number of carbonyl (C=O) groups is 2. The fraction of sp³-hybridized carbons (Fsp3) is 0.273. The minimum atomic E-state index is -1.09. The molecule has 1 aromatic carbocycles. The molecule has 1 amide bonds. The fourth-order valence-corrected chi connectivity index (χ4v) is 1.74. The molecule has 0 spiro atoms. The topological polar surface area (TPSA) is 66.4 Å². The molecular formula is C11H9Cl2NO3. The molecule has 1 aliphatic rings. The van der Waals surface area contributed by atoms with Gasteiger partial charge in [0.25, 0.3) is 5.91 Å². The van der Waals surface area contributed by atoms with Crippen molar-refractivity contribution in [1.82, 2.24) is 5.32 Å². The van der Waals surface area contributed by atoms with Gasteiger partial charge in [0, 0.05) is 5.56 Å². The maximum atomic E-state index is 11.8. The Hall–Kier alpha value is -1.26. The highest BCUT2D eigenvalue weighted by Crippen LogP contribution is 2.36. The van der Waals surface area contributed by atoms with Crippen molar-refractivity contribution < 1.29 is 14.7 Å². The summed E-state index contributed by atoms with van der Waals surface area (Å²) >= 11 is 11.5. The number of benzene rings is 1. The van der Waals surface area contributed by atoms with Gasteiger partial charge in [0.2, 0.25) is 0 Å². The Balaban J connectivity index is 2.15. The number of hydrogen-bond donors (Lipinski definition) is 2. The van der Waals surface area contributed by atoms with Crippen molar-refractivity contribution in [3.8, 4) is 0 Å². The van der Waals surface area contributed by atoms with E-state index in [-0.39, 0.29) is 5.02 Å². The van der Waals surface area contributed by atoms with E-state index in [2.05, 4.69) is 5.32 Å². The number of halogens is 2. The number of carboxylic acids is 1. The third-order valence-corrected chi connectivity index (χ3v) is 3.43. The second kappa shape index (κ2) is 4.20. The molecule has 0 heterocycles. The molecule has 90 valence electrons. The van der Waals surface area contributed by atoms with E-state index >= 15 is 0 Å². The van der Waals surface area contributed by atoms with Crippen molar-refractivity contribution in [2.75, 3.05) is 0 Å². The van der Waals surface area contributed by atoms with E-state index in [0.29, 0.717) is 23.4 Å². The molecular weight excluding hydrogens is 265 g/mol. The maximum Gasteiger partial charge on any atom is 0.329 e. The standard InChI is InChI=1S/C11H9Cl2NO3/c12-7-2-1-6(5-8(7)13)9(15)14-11(3-4-11)10(16)17/h1-2,5H,3-4H2,(H,14,15)(H,16,17). The number of hydrogen-bond acceptors (Lipinski definition) is 2. The predicted molar refractivity (Wildman–Crippen MR) is 63.5 cm³/mol. The summed E-state index contributed by atoms with van der Waals surface area (Å²) < 4.78 is 0. The molecule has 0 atom stereocenters. The smallest absolute Gasteiger partial charge is 0.329 e. The monoisotopic (exact) mass is 273 g/mol. The first-order valence-corrected chi connectivity index (χ1v) is 5.71. The lowest BCUT2D eigenvalue weighted by Crippen LogP contribution is -2.43. The summed E-state index contributed by atoms with van der Waals surface area (Å²) in [5.74, 6) is -1.46. The van der Waals surface area contributed by atoms with E-state index in [4.69, 9.17) is 28.3 Å². The summed E-state index contributed by atoms with van der Waals surface area (Å²) in [6, 6.07) is 4.41. The zero-order valence-corrected chi connectivity index (χ0v) is 10.2. The molecule has 1 aliphatic carbocycles. The van der Waals surface area contributed by atoms with Gasteiger partial charge in [-0.15, -0.1) is 0 Å². The summed E-state index contributed by atoms with van der Waals surface area (Å²) in [7, 11) is 0. The number of amides is 1. The molecule has 0 aliphatic heterocycles. The predicted octanol–water partition coefficient (Wildman–Crippen LogP) is 2.34. The lowest BCUT2D eigenvalue weighted by Gasteiger charge is -2.12. The van der Waals surface area contributed by atoms with Gasteiger partial charge in [0.05, 0.1) is 10.0 Å². The summed E-state index contributed by atoms with van der Waals surface area (Å²) in [4.78, 5) is 22.7. The van der Waals surface area contributed by atoms with Crippen LogP contribution >= 0.6 is 23.2 Å². The van der Waals surface area contributed by atoms with Crippen LogP contribution in [0.3, 0.4) is 0 Å². The van der Waals surface area contributed by atoms with E-state index in [1.54, 1.807) is 0 Å². The Morgan fingerprint density at radius 1 is 1.24 bits per heavy atom. The lowest BCUT2D eigenvalue weighted by atomic mass is 10.2. The van der Waals surface area contributed by atoms with Crippen LogP contribution in [0.1, 0.15) is 23.2 Å². The van der Waals surface area contributed by atoms with Crippen LogP contribution in [-0.4, -0.2) is 22.5 Å². The van der Waals surface area contributed by atoms with Crippen LogP contribution in [0, 0.1) is 0 Å². The molecule has 4 nitrogen and oxygen atoms in total. The van der Waals surface area contributed by atoms with Crippen molar-refractivity contribution in [3.63, 3.8) is 0 Å². The van der Waals surface area contributed by atoms with Crippen LogP contribution in [0.2, 0.25) is 10.0 Å². The first-order valence-electron chi connectivity index (χ1n) is 4.95. The first-order chi connectivity index (χ1) is 7.94. The molecule has 17 heavy (non-hydrogen) atoms. The quantitative estimate of drug-likeness (QED) is 0.889. The summed E-state index contributed by atoms with van der Waals surface area (Å²) in [5, 5.41) is 12.0. The number of nitrogens with one attached hydrogen (secondary N) is 1. The van der Waals surface area contributed by atoms with Gasteiger partial charge in [-0.1, -0.05) is 23.2 Å². The lowest BCUT2D eigenvalue weighted by molar-refractivity contribution is -0.140. The zero-order chi connectivity index (χ0) is 12.6. The Labute approximate surface area is 108 Å². The highest BCUT2D eigenvalue weighted by atomic mass is 35.5. The van der Waals surface area contributed by atoms with Gasteiger partial charge in [0.1, 0.15) is 5.54 Å². The normalized spacial score (nSPS) is 16.4. The van der Waals surface area contributed by atoms with E-state index < -0.39 is 17.4 Å². The van der Waals surface area contributed by atoms with E-state index in [1.807, 2.05) is 0 Å². The van der Waals surface area contributed by atoms with E-state index in [0.717, 1.165) is 0 Å². The van der Waals surface area contributed by atoms with Gasteiger partial charge in [-0.2, -0.15) is 0 Å². The maximum absolute atomic E-state index is 11.8. The molecule has 1 aromatic rings. The number of carbonyl (C=O) groups excluding carboxylic acids is 1. The Bertz CT molecular complexity index is 497. The second-order valence-corrected chi connectivity index (χ2v) is 4.78. The largest absolute Gasteiger partial charge is 0.480 e. The van der Waals surface area contributed by atoms with Crippen LogP contribution in [0.4, 0.5) is 0 Å². The summed E-state index contributed by atoms with van der Waals surface area (Å²) in [6.07, 6.45) is 0.908. The van der Waals surface area contributed by atoms with Crippen molar-refractivity contribution in [2.24, 2.45) is 0 Å². The van der Waals surface area contributed by atoms with Crippen LogP contribution in [0.5, 0.6) is 0 Å². The van der Waals surface area contributed by atoms with Gasteiger partial charge in [-0.25, -0.2) is 4.79 Å². The van der Waals surface area contributed by atoms with Crippen LogP contribution in [0.15, 0.2) is 18.2 Å². The minimum absolute atomic E-state index is 0.263. The molecule has 1 fully saturated rings. The summed E-state index contributed by atoms with van der Waals surface area (Å²) in [6.45, 7) is 0. The average Bonchev–Trinajstić information content (AvgIpc) is 3.03. The van der Waals surface area contributed by atoms with Crippen LogP contribution in [0.25, 0.3) is 0 Å². The summed E-state index contributed by atoms with van der Waals surface area (Å²) in [5.41, 5.74) is -0.796.